The number of nitriles is 1. The summed E-state index contributed by atoms with van der Waals surface area (Å²) in [5.74, 6) is 0.460. The Hall–Kier alpha value is -2.91. The van der Waals surface area contributed by atoms with Gasteiger partial charge < -0.3 is 10.2 Å². The highest BCUT2D eigenvalue weighted by molar-refractivity contribution is 5.90. The molecule has 156 valence electrons. The van der Waals surface area contributed by atoms with E-state index in [1.54, 1.807) is 6.20 Å². The molecule has 4 rings (SSSR count). The SMILES string of the molecule is Cc1ccc(CN2CCC(c3ccc(C#N)cn3)CC2)cc1NC(=O)N1CCCC1. The molecule has 2 aliphatic heterocycles. The van der Waals surface area contributed by atoms with Crippen molar-refractivity contribution in [2.45, 2.75) is 45.1 Å². The maximum absolute atomic E-state index is 12.5. The largest absolute Gasteiger partial charge is 0.325 e. The summed E-state index contributed by atoms with van der Waals surface area (Å²) in [6.45, 7) is 6.69. The number of aromatic nitrogens is 1. The molecule has 0 saturated carbocycles. The monoisotopic (exact) mass is 403 g/mol. The lowest BCUT2D eigenvalue weighted by Gasteiger charge is -2.32. The number of likely N-dealkylation sites (tertiary alicyclic amines) is 2. The van der Waals surface area contributed by atoms with Crippen LogP contribution in [-0.2, 0) is 6.54 Å². The standard InChI is InChI=1S/C24H29N5O/c1-18-4-5-19(14-23(18)27-24(30)29-10-2-3-11-29)17-28-12-8-21(9-13-28)22-7-6-20(15-25)16-26-22/h4-7,14,16,21H,2-3,8-13,17H2,1H3,(H,27,30). The van der Waals surface area contributed by atoms with Crippen LogP contribution in [0.5, 0.6) is 0 Å². The van der Waals surface area contributed by atoms with E-state index < -0.39 is 0 Å². The zero-order chi connectivity index (χ0) is 20.9. The number of carbonyl (C=O) groups excluding carboxylic acids is 1. The van der Waals surface area contributed by atoms with Crippen LogP contribution in [-0.4, -0.2) is 47.0 Å². The first-order valence-corrected chi connectivity index (χ1v) is 10.9. The molecule has 2 fully saturated rings. The van der Waals surface area contributed by atoms with Gasteiger partial charge in [-0.2, -0.15) is 5.26 Å². The number of aryl methyl sites for hydroxylation is 1. The van der Waals surface area contributed by atoms with Gasteiger partial charge in [0.2, 0.25) is 0 Å². The van der Waals surface area contributed by atoms with E-state index in [1.165, 1.54) is 5.56 Å². The number of benzene rings is 1. The van der Waals surface area contributed by atoms with Gasteiger partial charge in [-0.1, -0.05) is 12.1 Å². The number of rotatable bonds is 4. The quantitative estimate of drug-likeness (QED) is 0.827. The average Bonchev–Trinajstić information content (AvgIpc) is 3.32. The Kier molecular flexibility index (Phi) is 6.29. The highest BCUT2D eigenvalue weighted by atomic mass is 16.2. The van der Waals surface area contributed by atoms with Crippen LogP contribution in [0.25, 0.3) is 0 Å². The van der Waals surface area contributed by atoms with Crippen LogP contribution in [0.1, 0.15) is 54.0 Å². The predicted octanol–water partition coefficient (Wildman–Crippen LogP) is 4.27. The molecule has 1 N–H and O–H groups in total. The van der Waals surface area contributed by atoms with Gasteiger partial charge in [-0.15, -0.1) is 0 Å². The van der Waals surface area contributed by atoms with Gasteiger partial charge in [-0.3, -0.25) is 9.88 Å². The summed E-state index contributed by atoms with van der Waals surface area (Å²) >= 11 is 0. The van der Waals surface area contributed by atoms with Crippen molar-refractivity contribution >= 4 is 11.7 Å². The van der Waals surface area contributed by atoms with Crippen molar-refractivity contribution in [3.63, 3.8) is 0 Å². The molecule has 2 saturated heterocycles. The second-order valence-corrected chi connectivity index (χ2v) is 8.41. The number of carbonyl (C=O) groups is 1. The van der Waals surface area contributed by atoms with E-state index in [0.29, 0.717) is 11.5 Å². The number of urea groups is 1. The van der Waals surface area contributed by atoms with Crippen molar-refractivity contribution in [3.05, 3.63) is 58.9 Å². The third kappa shape index (κ3) is 4.80. The van der Waals surface area contributed by atoms with Crippen LogP contribution in [0.3, 0.4) is 0 Å². The minimum atomic E-state index is 0.0171. The molecule has 0 aliphatic carbocycles. The normalized spacial score (nSPS) is 17.7. The van der Waals surface area contributed by atoms with Gasteiger partial charge in [0.1, 0.15) is 6.07 Å². The fourth-order valence-corrected chi connectivity index (χ4v) is 4.37. The molecule has 2 aromatic rings. The van der Waals surface area contributed by atoms with Gasteiger partial charge in [-0.05, 0) is 75.0 Å². The van der Waals surface area contributed by atoms with E-state index in [4.69, 9.17) is 5.26 Å². The predicted molar refractivity (Wildman–Crippen MR) is 117 cm³/mol. The first-order chi connectivity index (χ1) is 14.6. The molecule has 1 aromatic heterocycles. The lowest BCUT2D eigenvalue weighted by molar-refractivity contribution is 0.203. The van der Waals surface area contributed by atoms with Crippen molar-refractivity contribution < 1.29 is 4.79 Å². The number of hydrogen-bond acceptors (Lipinski definition) is 4. The van der Waals surface area contributed by atoms with Crippen molar-refractivity contribution in [2.75, 3.05) is 31.5 Å². The van der Waals surface area contributed by atoms with Crippen molar-refractivity contribution in [2.24, 2.45) is 0 Å². The molecule has 6 nitrogen and oxygen atoms in total. The maximum Gasteiger partial charge on any atom is 0.321 e. The maximum atomic E-state index is 12.5. The van der Waals surface area contributed by atoms with Crippen LogP contribution >= 0.6 is 0 Å². The first-order valence-electron chi connectivity index (χ1n) is 10.9. The fourth-order valence-electron chi connectivity index (χ4n) is 4.37. The molecule has 2 aliphatic rings. The van der Waals surface area contributed by atoms with Gasteiger partial charge in [-0.25, -0.2) is 4.79 Å². The molecule has 2 amide bonds. The highest BCUT2D eigenvalue weighted by Crippen LogP contribution is 2.28. The van der Waals surface area contributed by atoms with Gasteiger partial charge in [0.25, 0.3) is 0 Å². The third-order valence-corrected chi connectivity index (χ3v) is 6.26. The van der Waals surface area contributed by atoms with Crippen LogP contribution in [0, 0.1) is 18.3 Å². The average molecular weight is 404 g/mol. The Morgan fingerprint density at radius 1 is 1.17 bits per heavy atom. The molecule has 0 atom stereocenters. The van der Waals surface area contributed by atoms with E-state index in [1.807, 2.05) is 24.0 Å². The second-order valence-electron chi connectivity index (χ2n) is 8.41. The molecule has 0 spiro atoms. The molecule has 0 bridgehead atoms. The third-order valence-electron chi connectivity index (χ3n) is 6.26. The Labute approximate surface area is 178 Å². The minimum Gasteiger partial charge on any atom is -0.325 e. The van der Waals surface area contributed by atoms with Gasteiger partial charge in [0.05, 0.1) is 5.56 Å². The van der Waals surface area contributed by atoms with Crippen molar-refractivity contribution in [1.29, 1.82) is 5.26 Å². The summed E-state index contributed by atoms with van der Waals surface area (Å²) in [6.07, 6.45) is 6.01. The summed E-state index contributed by atoms with van der Waals surface area (Å²) in [6, 6.07) is 12.4. The smallest absolute Gasteiger partial charge is 0.321 e. The molecule has 0 radical (unpaired) electrons. The molecule has 0 unspecified atom stereocenters. The van der Waals surface area contributed by atoms with E-state index in [2.05, 4.69) is 39.5 Å². The number of nitrogens with one attached hydrogen (secondary N) is 1. The number of pyridine rings is 1. The lowest BCUT2D eigenvalue weighted by Crippen LogP contribution is -2.33. The number of amides is 2. The van der Waals surface area contributed by atoms with Gasteiger partial charge in [0, 0.05) is 43.1 Å². The molecular formula is C24H29N5O. The Balaban J connectivity index is 1.33. The molecule has 3 heterocycles. The van der Waals surface area contributed by atoms with Gasteiger partial charge >= 0.3 is 6.03 Å². The van der Waals surface area contributed by atoms with E-state index in [0.717, 1.165) is 75.4 Å². The highest BCUT2D eigenvalue weighted by Gasteiger charge is 2.22. The number of anilines is 1. The fraction of sp³-hybridized carbons (Fsp3) is 0.458. The zero-order valence-corrected chi connectivity index (χ0v) is 17.6. The Morgan fingerprint density at radius 2 is 1.93 bits per heavy atom. The summed E-state index contributed by atoms with van der Waals surface area (Å²) in [5, 5.41) is 12.0. The van der Waals surface area contributed by atoms with Crippen LogP contribution < -0.4 is 5.32 Å². The zero-order valence-electron chi connectivity index (χ0n) is 17.6. The van der Waals surface area contributed by atoms with E-state index in [-0.39, 0.29) is 6.03 Å². The van der Waals surface area contributed by atoms with Crippen molar-refractivity contribution in [3.8, 4) is 6.07 Å². The van der Waals surface area contributed by atoms with E-state index in [9.17, 15) is 4.79 Å². The molecule has 30 heavy (non-hydrogen) atoms. The minimum absolute atomic E-state index is 0.0171. The second kappa shape index (κ2) is 9.27. The Bertz CT molecular complexity index is 920. The summed E-state index contributed by atoms with van der Waals surface area (Å²) in [7, 11) is 0. The topological polar surface area (TPSA) is 72.3 Å². The van der Waals surface area contributed by atoms with Crippen LogP contribution in [0.15, 0.2) is 36.5 Å². The summed E-state index contributed by atoms with van der Waals surface area (Å²) < 4.78 is 0. The number of nitrogens with zero attached hydrogens (tertiary/aromatic N) is 4. The van der Waals surface area contributed by atoms with Crippen LogP contribution in [0.2, 0.25) is 0 Å². The molecule has 6 heteroatoms. The number of hydrogen-bond donors (Lipinski definition) is 1. The number of piperidine rings is 1. The Morgan fingerprint density at radius 3 is 2.60 bits per heavy atom. The van der Waals surface area contributed by atoms with Crippen molar-refractivity contribution in [1.82, 2.24) is 14.8 Å². The molecular weight excluding hydrogens is 374 g/mol. The molecule has 1 aromatic carbocycles. The first kappa shape index (κ1) is 20.4. The van der Waals surface area contributed by atoms with Crippen LogP contribution in [0.4, 0.5) is 10.5 Å². The summed E-state index contributed by atoms with van der Waals surface area (Å²) in [5.41, 5.74) is 4.95. The van der Waals surface area contributed by atoms with Gasteiger partial charge in [0.15, 0.2) is 0 Å². The lowest BCUT2D eigenvalue weighted by atomic mass is 9.92. The van der Waals surface area contributed by atoms with E-state index >= 15 is 0 Å². The summed E-state index contributed by atoms with van der Waals surface area (Å²) in [4.78, 5) is 21.3.